The van der Waals surface area contributed by atoms with Crippen LogP contribution in [0.5, 0.6) is 0 Å². The second kappa shape index (κ2) is 4.44. The first-order chi connectivity index (χ1) is 5.74. The molecule has 1 atom stereocenters. The second-order valence-corrected chi connectivity index (χ2v) is 3.56. The third-order valence-electron chi connectivity index (χ3n) is 2.48. The lowest BCUT2D eigenvalue weighted by Gasteiger charge is -2.37. The molecule has 0 bridgehead atoms. The molecule has 0 spiro atoms. The Morgan fingerprint density at radius 3 is 2.83 bits per heavy atom. The monoisotopic (exact) mass is 167 g/mol. The first-order valence-electron chi connectivity index (χ1n) is 4.53. The van der Waals surface area contributed by atoms with E-state index in [2.05, 4.69) is 29.8 Å². The van der Waals surface area contributed by atoms with Crippen LogP contribution < -0.4 is 0 Å². The van der Waals surface area contributed by atoms with Gasteiger partial charge in [0.15, 0.2) is 0 Å². The molecular formula is C9H17N3. The topological polar surface area (TPSA) is 30.3 Å². The maximum atomic E-state index is 8.45. The van der Waals surface area contributed by atoms with E-state index in [-0.39, 0.29) is 0 Å². The number of nitrogens with zero attached hydrogens (tertiary/aromatic N) is 3. The highest BCUT2D eigenvalue weighted by molar-refractivity contribution is 4.80. The number of likely N-dealkylation sites (N-methyl/N-ethyl adjacent to an activating group) is 1. The normalized spacial score (nSPS) is 26.9. The third kappa shape index (κ3) is 2.47. The van der Waals surface area contributed by atoms with E-state index in [4.69, 9.17) is 5.26 Å². The van der Waals surface area contributed by atoms with Gasteiger partial charge in [0, 0.05) is 38.6 Å². The SMILES string of the molecule is CC1CN(C)CCN1CCC#N. The van der Waals surface area contributed by atoms with Crippen LogP contribution in [-0.4, -0.2) is 49.1 Å². The number of hydrogen-bond acceptors (Lipinski definition) is 3. The van der Waals surface area contributed by atoms with Gasteiger partial charge >= 0.3 is 0 Å². The lowest BCUT2D eigenvalue weighted by molar-refractivity contribution is 0.102. The molecular weight excluding hydrogens is 150 g/mol. The molecule has 3 nitrogen and oxygen atoms in total. The summed E-state index contributed by atoms with van der Waals surface area (Å²) in [5.41, 5.74) is 0. The van der Waals surface area contributed by atoms with Gasteiger partial charge in [-0.25, -0.2) is 0 Å². The minimum absolute atomic E-state index is 0.608. The van der Waals surface area contributed by atoms with Gasteiger partial charge in [-0.05, 0) is 14.0 Å². The first-order valence-corrected chi connectivity index (χ1v) is 4.53. The molecule has 1 heterocycles. The van der Waals surface area contributed by atoms with E-state index >= 15 is 0 Å². The van der Waals surface area contributed by atoms with Crippen LogP contribution in [0.3, 0.4) is 0 Å². The zero-order valence-corrected chi connectivity index (χ0v) is 7.95. The Kier molecular flexibility index (Phi) is 3.51. The lowest BCUT2D eigenvalue weighted by Crippen LogP contribution is -2.50. The molecule has 0 aromatic rings. The Hall–Kier alpha value is -0.590. The van der Waals surface area contributed by atoms with Crippen molar-refractivity contribution < 1.29 is 0 Å². The Balaban J connectivity index is 2.30. The quantitative estimate of drug-likeness (QED) is 0.601. The Morgan fingerprint density at radius 1 is 1.50 bits per heavy atom. The lowest BCUT2D eigenvalue weighted by atomic mass is 10.2. The standard InChI is InChI=1S/C9H17N3/c1-9-8-11(2)6-7-12(9)5-3-4-10/h9H,3,5-8H2,1-2H3. The maximum Gasteiger partial charge on any atom is 0.0635 e. The van der Waals surface area contributed by atoms with Crippen LogP contribution in [0.4, 0.5) is 0 Å². The van der Waals surface area contributed by atoms with Gasteiger partial charge < -0.3 is 4.90 Å². The van der Waals surface area contributed by atoms with E-state index in [0.29, 0.717) is 12.5 Å². The smallest absolute Gasteiger partial charge is 0.0635 e. The summed E-state index contributed by atoms with van der Waals surface area (Å²) >= 11 is 0. The Morgan fingerprint density at radius 2 is 2.25 bits per heavy atom. The molecule has 3 heteroatoms. The van der Waals surface area contributed by atoms with Gasteiger partial charge in [0.25, 0.3) is 0 Å². The van der Waals surface area contributed by atoms with Crippen molar-refractivity contribution in [1.82, 2.24) is 9.80 Å². The molecule has 0 aromatic carbocycles. The van der Waals surface area contributed by atoms with Crippen molar-refractivity contribution in [1.29, 1.82) is 5.26 Å². The molecule has 0 saturated carbocycles. The Bertz CT molecular complexity index is 173. The van der Waals surface area contributed by atoms with Crippen LogP contribution >= 0.6 is 0 Å². The van der Waals surface area contributed by atoms with Crippen LogP contribution in [-0.2, 0) is 0 Å². The molecule has 1 aliphatic rings. The molecule has 1 rings (SSSR count). The summed E-state index contributed by atoms with van der Waals surface area (Å²) in [4.78, 5) is 4.73. The molecule has 0 N–H and O–H groups in total. The van der Waals surface area contributed by atoms with Crippen molar-refractivity contribution in [2.24, 2.45) is 0 Å². The number of hydrogen-bond donors (Lipinski definition) is 0. The minimum Gasteiger partial charge on any atom is -0.304 e. The predicted molar refractivity (Wildman–Crippen MR) is 48.8 cm³/mol. The molecule has 0 aliphatic carbocycles. The van der Waals surface area contributed by atoms with E-state index in [9.17, 15) is 0 Å². The average molecular weight is 167 g/mol. The van der Waals surface area contributed by atoms with Crippen LogP contribution in [0.15, 0.2) is 0 Å². The third-order valence-corrected chi connectivity index (χ3v) is 2.48. The highest BCUT2D eigenvalue weighted by Gasteiger charge is 2.20. The summed E-state index contributed by atoms with van der Waals surface area (Å²) in [5.74, 6) is 0. The fourth-order valence-electron chi connectivity index (χ4n) is 1.70. The van der Waals surface area contributed by atoms with Crippen molar-refractivity contribution in [2.45, 2.75) is 19.4 Å². The largest absolute Gasteiger partial charge is 0.304 e. The molecule has 1 saturated heterocycles. The van der Waals surface area contributed by atoms with Crippen LogP contribution in [0, 0.1) is 11.3 Å². The van der Waals surface area contributed by atoms with Crippen molar-refractivity contribution in [3.05, 3.63) is 0 Å². The van der Waals surface area contributed by atoms with Gasteiger partial charge in [0.05, 0.1) is 6.07 Å². The summed E-state index contributed by atoms with van der Waals surface area (Å²) in [5, 5.41) is 8.45. The molecule has 68 valence electrons. The molecule has 12 heavy (non-hydrogen) atoms. The summed E-state index contributed by atoms with van der Waals surface area (Å²) in [6.45, 7) is 6.54. The highest BCUT2D eigenvalue weighted by Crippen LogP contribution is 2.07. The maximum absolute atomic E-state index is 8.45. The zero-order valence-electron chi connectivity index (χ0n) is 7.95. The van der Waals surface area contributed by atoms with E-state index in [1.54, 1.807) is 0 Å². The fraction of sp³-hybridized carbons (Fsp3) is 0.889. The van der Waals surface area contributed by atoms with Crippen molar-refractivity contribution in [3.8, 4) is 6.07 Å². The molecule has 0 radical (unpaired) electrons. The summed E-state index contributed by atoms with van der Waals surface area (Å²) < 4.78 is 0. The van der Waals surface area contributed by atoms with Gasteiger partial charge in [0.2, 0.25) is 0 Å². The van der Waals surface area contributed by atoms with Gasteiger partial charge in [-0.15, -0.1) is 0 Å². The second-order valence-electron chi connectivity index (χ2n) is 3.56. The molecule has 1 unspecified atom stereocenters. The molecule has 0 aromatic heterocycles. The summed E-state index contributed by atoms with van der Waals surface area (Å²) in [6, 6.07) is 2.80. The van der Waals surface area contributed by atoms with E-state index in [0.717, 1.165) is 26.2 Å². The van der Waals surface area contributed by atoms with E-state index in [1.807, 2.05) is 0 Å². The molecule has 1 fully saturated rings. The zero-order chi connectivity index (χ0) is 8.97. The molecule has 0 amide bonds. The van der Waals surface area contributed by atoms with Crippen molar-refractivity contribution in [3.63, 3.8) is 0 Å². The van der Waals surface area contributed by atoms with Crippen LogP contribution in [0.2, 0.25) is 0 Å². The van der Waals surface area contributed by atoms with E-state index < -0.39 is 0 Å². The number of rotatable bonds is 2. The summed E-state index contributed by atoms with van der Waals surface area (Å²) in [7, 11) is 2.15. The molecule has 1 aliphatic heterocycles. The van der Waals surface area contributed by atoms with Gasteiger partial charge in [-0.2, -0.15) is 5.26 Å². The number of nitriles is 1. The van der Waals surface area contributed by atoms with Crippen LogP contribution in [0.1, 0.15) is 13.3 Å². The van der Waals surface area contributed by atoms with Gasteiger partial charge in [0.1, 0.15) is 0 Å². The van der Waals surface area contributed by atoms with Gasteiger partial charge in [-0.1, -0.05) is 0 Å². The minimum atomic E-state index is 0.608. The highest BCUT2D eigenvalue weighted by atomic mass is 15.3. The van der Waals surface area contributed by atoms with Gasteiger partial charge in [-0.3, -0.25) is 4.90 Å². The fourth-order valence-corrected chi connectivity index (χ4v) is 1.70. The first kappa shape index (κ1) is 9.50. The van der Waals surface area contributed by atoms with Crippen LogP contribution in [0.25, 0.3) is 0 Å². The van der Waals surface area contributed by atoms with Crippen molar-refractivity contribution in [2.75, 3.05) is 33.2 Å². The number of piperazine rings is 1. The summed E-state index contributed by atoms with van der Waals surface area (Å²) in [6.07, 6.45) is 0.661. The van der Waals surface area contributed by atoms with E-state index in [1.165, 1.54) is 0 Å². The predicted octanol–water partition coefficient (Wildman–Crippen LogP) is 0.536. The average Bonchev–Trinajstić information content (AvgIpc) is 2.03. The Labute approximate surface area is 74.6 Å². The van der Waals surface area contributed by atoms with Crippen molar-refractivity contribution >= 4 is 0 Å².